The molecule has 0 heterocycles. The molecule has 0 aromatic heterocycles. The van der Waals surface area contributed by atoms with E-state index >= 15 is 0 Å². The van der Waals surface area contributed by atoms with Crippen molar-refractivity contribution in [3.8, 4) is 0 Å². The van der Waals surface area contributed by atoms with E-state index in [9.17, 15) is 4.39 Å². The molecule has 2 aliphatic rings. The Labute approximate surface area is 96.1 Å². The maximum atomic E-state index is 13.6. The molecule has 0 amide bonds. The highest BCUT2D eigenvalue weighted by molar-refractivity contribution is 5.45. The number of fused-ring (bicyclic) bond motifs is 2. The molecule has 2 unspecified atom stereocenters. The zero-order valence-electron chi connectivity index (χ0n) is 9.72. The first-order chi connectivity index (χ1) is 7.78. The highest BCUT2D eigenvalue weighted by Gasteiger charge is 2.57. The Balaban J connectivity index is 1.85. The summed E-state index contributed by atoms with van der Waals surface area (Å²) < 4.78 is 13.6. The molecule has 1 aromatic rings. The summed E-state index contributed by atoms with van der Waals surface area (Å²) in [6.07, 6.45) is 3.33. The topological polar surface area (TPSA) is 12.0 Å². The monoisotopic (exact) mass is 219 g/mol. The minimum Gasteiger partial charge on any atom is -0.317 e. The van der Waals surface area contributed by atoms with Crippen LogP contribution in [0.4, 0.5) is 4.39 Å². The lowest BCUT2D eigenvalue weighted by molar-refractivity contribution is 0.556. The molecule has 2 atom stereocenters. The number of nitrogens with one attached hydrogen (secondary N) is 1. The van der Waals surface area contributed by atoms with Gasteiger partial charge in [-0.2, -0.15) is 0 Å². The van der Waals surface area contributed by atoms with Crippen LogP contribution < -0.4 is 5.32 Å². The molecule has 0 radical (unpaired) electrons. The van der Waals surface area contributed by atoms with Gasteiger partial charge >= 0.3 is 0 Å². The predicted molar refractivity (Wildman–Crippen MR) is 63.0 cm³/mol. The molecule has 0 saturated heterocycles. The molecular weight excluding hydrogens is 201 g/mol. The summed E-state index contributed by atoms with van der Waals surface area (Å²) >= 11 is 0. The fraction of sp³-hybridized carbons (Fsp3) is 0.571. The van der Waals surface area contributed by atoms with Crippen molar-refractivity contribution < 1.29 is 4.39 Å². The summed E-state index contributed by atoms with van der Waals surface area (Å²) in [5.74, 6) is 0.735. The lowest BCUT2D eigenvalue weighted by atomic mass is 9.95. The van der Waals surface area contributed by atoms with Crippen molar-refractivity contribution in [1.29, 1.82) is 0 Å². The Kier molecular flexibility index (Phi) is 2.28. The first-order valence-electron chi connectivity index (χ1n) is 6.26. The van der Waals surface area contributed by atoms with Crippen LogP contribution in [0.2, 0.25) is 0 Å². The first kappa shape index (κ1) is 10.3. The SMILES string of the molecule is CCNCC1CC12CCc1c(F)cccc12. The summed E-state index contributed by atoms with van der Waals surface area (Å²) in [6.45, 7) is 4.26. The lowest BCUT2D eigenvalue weighted by Gasteiger charge is -2.11. The first-order valence-corrected chi connectivity index (χ1v) is 6.26. The van der Waals surface area contributed by atoms with Crippen LogP contribution in [0.5, 0.6) is 0 Å². The van der Waals surface area contributed by atoms with Gasteiger partial charge in [0.15, 0.2) is 0 Å². The van der Waals surface area contributed by atoms with Gasteiger partial charge in [-0.1, -0.05) is 19.1 Å². The van der Waals surface area contributed by atoms with E-state index in [1.807, 2.05) is 6.07 Å². The molecule has 1 aromatic carbocycles. The van der Waals surface area contributed by atoms with E-state index in [2.05, 4.69) is 18.3 Å². The van der Waals surface area contributed by atoms with E-state index in [1.54, 1.807) is 6.07 Å². The van der Waals surface area contributed by atoms with Gasteiger partial charge in [-0.25, -0.2) is 4.39 Å². The van der Waals surface area contributed by atoms with Crippen LogP contribution in [0, 0.1) is 11.7 Å². The molecule has 1 spiro atoms. The summed E-state index contributed by atoms with van der Waals surface area (Å²) in [5, 5.41) is 3.41. The second-order valence-corrected chi connectivity index (χ2v) is 5.13. The molecule has 2 aliphatic carbocycles. The van der Waals surface area contributed by atoms with Crippen LogP contribution in [-0.4, -0.2) is 13.1 Å². The predicted octanol–water partition coefficient (Wildman–Crippen LogP) is 2.64. The van der Waals surface area contributed by atoms with Gasteiger partial charge in [0, 0.05) is 5.41 Å². The van der Waals surface area contributed by atoms with Crippen LogP contribution in [0.3, 0.4) is 0 Å². The number of halogens is 1. The third-order valence-corrected chi connectivity index (χ3v) is 4.35. The van der Waals surface area contributed by atoms with Gasteiger partial charge in [0.05, 0.1) is 0 Å². The van der Waals surface area contributed by atoms with Crippen LogP contribution in [-0.2, 0) is 11.8 Å². The smallest absolute Gasteiger partial charge is 0.126 e. The second-order valence-electron chi connectivity index (χ2n) is 5.13. The zero-order valence-corrected chi connectivity index (χ0v) is 9.72. The number of rotatable bonds is 3. The van der Waals surface area contributed by atoms with Crippen molar-refractivity contribution in [1.82, 2.24) is 5.32 Å². The van der Waals surface area contributed by atoms with E-state index in [1.165, 1.54) is 12.0 Å². The number of benzene rings is 1. The highest BCUT2D eigenvalue weighted by atomic mass is 19.1. The third-order valence-electron chi connectivity index (χ3n) is 4.35. The molecule has 3 rings (SSSR count). The Morgan fingerprint density at radius 2 is 2.38 bits per heavy atom. The van der Waals surface area contributed by atoms with Gasteiger partial charge in [0.2, 0.25) is 0 Å². The maximum absolute atomic E-state index is 13.6. The van der Waals surface area contributed by atoms with Crippen LogP contribution in [0.1, 0.15) is 30.9 Å². The van der Waals surface area contributed by atoms with Gasteiger partial charge in [-0.05, 0) is 55.5 Å². The van der Waals surface area contributed by atoms with Crippen LogP contribution in [0.25, 0.3) is 0 Å². The van der Waals surface area contributed by atoms with E-state index in [0.717, 1.165) is 37.4 Å². The second kappa shape index (κ2) is 3.56. The third kappa shape index (κ3) is 1.32. The van der Waals surface area contributed by atoms with Crippen LogP contribution in [0.15, 0.2) is 18.2 Å². The Morgan fingerprint density at radius 1 is 1.50 bits per heavy atom. The standard InChI is InChI=1S/C14H18FN/c1-2-16-9-10-8-14(10)7-6-11-12(14)4-3-5-13(11)15/h3-5,10,16H,2,6-9H2,1H3. The van der Waals surface area contributed by atoms with Gasteiger partial charge in [0.25, 0.3) is 0 Å². The summed E-state index contributed by atoms with van der Waals surface area (Å²) in [5.41, 5.74) is 2.62. The van der Waals surface area contributed by atoms with E-state index in [0.29, 0.717) is 5.41 Å². The quantitative estimate of drug-likeness (QED) is 0.824. The van der Waals surface area contributed by atoms with Crippen molar-refractivity contribution in [3.05, 3.63) is 35.1 Å². The summed E-state index contributed by atoms with van der Waals surface area (Å²) in [7, 11) is 0. The minimum absolute atomic E-state index is 0.00322. The maximum Gasteiger partial charge on any atom is 0.126 e. The molecule has 1 saturated carbocycles. The zero-order chi connectivity index (χ0) is 11.2. The van der Waals surface area contributed by atoms with E-state index in [-0.39, 0.29) is 5.82 Å². The molecule has 86 valence electrons. The average molecular weight is 219 g/mol. The van der Waals surface area contributed by atoms with Crippen molar-refractivity contribution >= 4 is 0 Å². The van der Waals surface area contributed by atoms with E-state index in [4.69, 9.17) is 0 Å². The number of hydrogen-bond donors (Lipinski definition) is 1. The molecule has 2 heteroatoms. The van der Waals surface area contributed by atoms with Crippen molar-refractivity contribution in [3.63, 3.8) is 0 Å². The summed E-state index contributed by atoms with van der Waals surface area (Å²) in [6, 6.07) is 5.60. The van der Waals surface area contributed by atoms with Gasteiger partial charge < -0.3 is 5.32 Å². The average Bonchev–Trinajstić information content (AvgIpc) is 2.85. The molecule has 1 nitrogen and oxygen atoms in total. The van der Waals surface area contributed by atoms with Crippen molar-refractivity contribution in [2.75, 3.05) is 13.1 Å². The van der Waals surface area contributed by atoms with Crippen LogP contribution >= 0.6 is 0 Å². The van der Waals surface area contributed by atoms with E-state index < -0.39 is 0 Å². The molecule has 1 fully saturated rings. The lowest BCUT2D eigenvalue weighted by Crippen LogP contribution is -2.20. The normalized spacial score (nSPS) is 30.8. The molecule has 1 N–H and O–H groups in total. The minimum atomic E-state index is 0.00322. The van der Waals surface area contributed by atoms with Gasteiger partial charge in [0.1, 0.15) is 5.82 Å². The Hall–Kier alpha value is -0.890. The van der Waals surface area contributed by atoms with Crippen molar-refractivity contribution in [2.24, 2.45) is 5.92 Å². The largest absolute Gasteiger partial charge is 0.317 e. The Morgan fingerprint density at radius 3 is 3.19 bits per heavy atom. The van der Waals surface area contributed by atoms with Gasteiger partial charge in [-0.15, -0.1) is 0 Å². The number of hydrogen-bond acceptors (Lipinski definition) is 1. The molecule has 0 aliphatic heterocycles. The fourth-order valence-corrected chi connectivity index (χ4v) is 3.36. The highest BCUT2D eigenvalue weighted by Crippen LogP contribution is 2.61. The molecule has 0 bridgehead atoms. The Bertz CT molecular complexity index is 415. The fourth-order valence-electron chi connectivity index (χ4n) is 3.36. The molecular formula is C14H18FN. The van der Waals surface area contributed by atoms with Crippen molar-refractivity contribution in [2.45, 2.75) is 31.6 Å². The molecule has 16 heavy (non-hydrogen) atoms. The van der Waals surface area contributed by atoms with Gasteiger partial charge in [-0.3, -0.25) is 0 Å². The summed E-state index contributed by atoms with van der Waals surface area (Å²) in [4.78, 5) is 0.